The van der Waals surface area contributed by atoms with E-state index in [2.05, 4.69) is 77.4 Å². The van der Waals surface area contributed by atoms with Gasteiger partial charge in [-0.25, -0.2) is 49.8 Å². The van der Waals surface area contributed by atoms with E-state index < -0.39 is 17.9 Å². The van der Waals surface area contributed by atoms with E-state index in [1.165, 1.54) is 37.8 Å². The van der Waals surface area contributed by atoms with E-state index in [9.17, 15) is 38.4 Å². The average molecular weight is 1610 g/mol. The lowest BCUT2D eigenvalue weighted by Gasteiger charge is -2.36. The van der Waals surface area contributed by atoms with Crippen molar-refractivity contribution in [2.75, 3.05) is 178 Å². The number of nitrogen functional groups attached to an aromatic ring is 2. The van der Waals surface area contributed by atoms with Crippen LogP contribution in [-0.2, 0) is 60.9 Å². The third-order valence-electron chi connectivity index (χ3n) is 20.8. The van der Waals surface area contributed by atoms with Crippen LogP contribution in [0.25, 0.3) is 75.7 Å². The van der Waals surface area contributed by atoms with Gasteiger partial charge >= 0.3 is 0 Å². The Labute approximate surface area is 663 Å². The molecule has 0 bridgehead atoms. The zero-order valence-electron chi connectivity index (χ0n) is 61.9. The number of anilines is 5. The number of nitrogens with two attached hydrogens (primary N) is 2. The van der Waals surface area contributed by atoms with E-state index in [1.54, 1.807) is 71.7 Å². The molecule has 8 aliphatic rings. The number of ketones is 2. The summed E-state index contributed by atoms with van der Waals surface area (Å²) in [5.74, 6) is 3.00. The van der Waals surface area contributed by atoms with Crippen LogP contribution in [0.3, 0.4) is 0 Å². The normalized spacial score (nSPS) is 19.5. The zero-order valence-corrected chi connectivity index (χ0v) is 65.1. The zero-order chi connectivity index (χ0) is 77.8. The first-order chi connectivity index (χ1) is 54.9. The van der Waals surface area contributed by atoms with E-state index in [-0.39, 0.29) is 83.3 Å². The number of benzene rings is 1. The fraction of sp³-hybridized carbons (Fsp3) is 0.446. The lowest BCUT2D eigenvalue weighted by molar-refractivity contribution is -0.144. The SMILES string of the molecule is CN1CC(NC(=O)CNC(=O)c2cc3nc(-c4cccc5[nH]ncc45)nc(N4CCOCC4)c3s2)C1=O.Nc1ncc(-c2nc(N3CCOCC3)c3sc(CN4CCN(C(=O)C5CC(=O)CC(=O)C5)CC4)cc3n2)cn1.Nc1ncc(-c2nc(N3CCOCC3)c3sc(CN4CCN(C(=O)C5CCC(=O)S5)CC4)cc3n2)cn1. The monoisotopic (exact) mass is 1610 g/mol. The number of aromatic nitrogens is 12. The van der Waals surface area contributed by atoms with Crippen molar-refractivity contribution in [3.63, 3.8) is 0 Å². The summed E-state index contributed by atoms with van der Waals surface area (Å²) in [6.07, 6.45) is 9.85. The number of likely N-dealkylation sites (tertiary alicyclic amines) is 1. The number of carbonyl (C=O) groups excluding carboxylic acids is 8. The number of nitrogens with one attached hydrogen (secondary N) is 3. The number of thiophene rings is 3. The van der Waals surface area contributed by atoms with Gasteiger partial charge in [-0.1, -0.05) is 23.9 Å². The molecule has 7 N–H and O–H groups in total. The highest BCUT2D eigenvalue weighted by Gasteiger charge is 2.38. The lowest BCUT2D eigenvalue weighted by Crippen LogP contribution is -2.63. The predicted octanol–water partition coefficient (Wildman–Crippen LogP) is 3.54. The van der Waals surface area contributed by atoms with Gasteiger partial charge in [0.15, 0.2) is 40.0 Å². The summed E-state index contributed by atoms with van der Waals surface area (Å²) in [5, 5.41) is 13.2. The molecule has 0 spiro atoms. The number of Topliss-reactive ketones (excluding diaryl/α,β-unsaturated/α-hetero) is 2. The second-order valence-corrected chi connectivity index (χ2v) is 33.1. The van der Waals surface area contributed by atoms with Crippen molar-refractivity contribution in [1.29, 1.82) is 0 Å². The summed E-state index contributed by atoms with van der Waals surface area (Å²) in [5.41, 5.74) is 16.9. The Hall–Kier alpha value is -10.5. The number of piperazine rings is 2. The van der Waals surface area contributed by atoms with Crippen molar-refractivity contribution in [2.24, 2.45) is 5.92 Å². The van der Waals surface area contributed by atoms with Crippen molar-refractivity contribution in [1.82, 2.24) is 95.2 Å². The average Bonchev–Trinajstić information content (AvgIpc) is 1.66. The molecule has 7 saturated heterocycles. The molecule has 16 heterocycles. The first kappa shape index (κ1) is 76.5. The third kappa shape index (κ3) is 17.5. The molecule has 7 aliphatic heterocycles. The Balaban J connectivity index is 0.000000128. The quantitative estimate of drug-likeness (QED) is 0.0682. The summed E-state index contributed by atoms with van der Waals surface area (Å²) in [6.45, 7) is 15.6. The van der Waals surface area contributed by atoms with Crippen LogP contribution < -0.4 is 36.8 Å². The van der Waals surface area contributed by atoms with Gasteiger partial charge in [0.2, 0.25) is 35.5 Å². The van der Waals surface area contributed by atoms with Gasteiger partial charge in [0, 0.05) is 183 Å². The summed E-state index contributed by atoms with van der Waals surface area (Å²) < 4.78 is 19.5. The second kappa shape index (κ2) is 34.0. The van der Waals surface area contributed by atoms with Crippen molar-refractivity contribution < 1.29 is 52.6 Å². The maximum absolute atomic E-state index is 12.9. The highest BCUT2D eigenvalue weighted by atomic mass is 32.2. The second-order valence-electron chi connectivity index (χ2n) is 28.5. The molecule has 2 unspecified atom stereocenters. The fourth-order valence-corrected chi connectivity index (χ4v) is 19.1. The molecule has 1 aliphatic carbocycles. The van der Waals surface area contributed by atoms with Crippen molar-refractivity contribution in [3.8, 4) is 34.2 Å². The van der Waals surface area contributed by atoms with Crippen LogP contribution >= 0.6 is 45.8 Å². The fourth-order valence-electron chi connectivity index (χ4n) is 14.7. The number of H-pyrrole nitrogens is 1. The largest absolute Gasteiger partial charge is 0.378 e. The van der Waals surface area contributed by atoms with Crippen LogP contribution in [0, 0.1) is 5.92 Å². The molecule has 1 saturated carbocycles. The number of hydrogen-bond donors (Lipinski definition) is 5. The summed E-state index contributed by atoms with van der Waals surface area (Å²) >= 11 is 5.91. The highest BCUT2D eigenvalue weighted by molar-refractivity contribution is 8.15. The van der Waals surface area contributed by atoms with Crippen molar-refractivity contribution in [3.05, 3.63) is 82.0 Å². The number of thioether (sulfide) groups is 1. The van der Waals surface area contributed by atoms with E-state index in [1.807, 2.05) is 23.1 Å². The van der Waals surface area contributed by atoms with E-state index >= 15 is 0 Å². The molecule has 9 aromatic heterocycles. The van der Waals surface area contributed by atoms with Crippen LogP contribution in [0.1, 0.15) is 51.5 Å². The lowest BCUT2D eigenvalue weighted by atomic mass is 9.86. The van der Waals surface area contributed by atoms with Gasteiger partial charge in [0.05, 0.1) is 122 Å². The van der Waals surface area contributed by atoms with E-state index in [0.29, 0.717) is 132 Å². The number of rotatable bonds is 16. The van der Waals surface area contributed by atoms with Crippen LogP contribution in [0.4, 0.5) is 29.4 Å². The number of amides is 5. The molecule has 39 heteroatoms. The summed E-state index contributed by atoms with van der Waals surface area (Å²) in [6, 6.07) is 11.3. The van der Waals surface area contributed by atoms with Crippen LogP contribution in [0.5, 0.6) is 0 Å². The number of β-lactam (4-membered cyclic amide) rings is 1. The molecule has 18 rings (SSSR count). The Kier molecular flexibility index (Phi) is 23.0. The van der Waals surface area contributed by atoms with Gasteiger partial charge in [-0.05, 0) is 30.7 Å². The smallest absolute Gasteiger partial charge is 0.261 e. The molecule has 113 heavy (non-hydrogen) atoms. The summed E-state index contributed by atoms with van der Waals surface area (Å²) in [7, 11) is 1.67. The topological polar surface area (TPSA) is 424 Å². The predicted molar refractivity (Wildman–Crippen MR) is 426 cm³/mol. The molecular formula is C74H82N24O11S4. The number of nitrogens with zero attached hydrogens (tertiary/aromatic N) is 19. The molecule has 588 valence electrons. The van der Waals surface area contributed by atoms with Gasteiger partial charge < -0.3 is 65.7 Å². The Bertz CT molecular complexity index is 5230. The molecule has 5 amide bonds. The minimum atomic E-state index is -0.525. The van der Waals surface area contributed by atoms with E-state index in [4.69, 9.17) is 55.6 Å². The molecule has 8 fully saturated rings. The number of likely N-dealkylation sites (N-methyl/N-ethyl adjacent to an activating group) is 1. The molecule has 0 radical (unpaired) electrons. The number of carbonyl (C=O) groups is 8. The number of fused-ring (bicyclic) bond motifs is 4. The Morgan fingerprint density at radius 1 is 0.575 bits per heavy atom. The minimum Gasteiger partial charge on any atom is -0.378 e. The van der Waals surface area contributed by atoms with Gasteiger partial charge in [-0.2, -0.15) is 5.10 Å². The van der Waals surface area contributed by atoms with Gasteiger partial charge in [-0.15, -0.1) is 34.0 Å². The Morgan fingerprint density at radius 2 is 1.06 bits per heavy atom. The van der Waals surface area contributed by atoms with Gasteiger partial charge in [-0.3, -0.25) is 53.3 Å². The van der Waals surface area contributed by atoms with Crippen LogP contribution in [-0.4, -0.2) is 293 Å². The minimum absolute atomic E-state index is 0.0282. The first-order valence-corrected chi connectivity index (χ1v) is 40.8. The van der Waals surface area contributed by atoms with Crippen LogP contribution in [0.15, 0.2) is 67.4 Å². The van der Waals surface area contributed by atoms with Gasteiger partial charge in [0.25, 0.3) is 5.91 Å². The van der Waals surface area contributed by atoms with E-state index in [0.717, 1.165) is 130 Å². The number of morpholine rings is 3. The first-order valence-electron chi connectivity index (χ1n) is 37.5. The number of hydrogen-bond acceptors (Lipinski definition) is 33. The van der Waals surface area contributed by atoms with Gasteiger partial charge in [0.1, 0.15) is 17.6 Å². The highest BCUT2D eigenvalue weighted by Crippen LogP contribution is 2.40. The molecule has 2 atom stereocenters. The summed E-state index contributed by atoms with van der Waals surface area (Å²) in [4.78, 5) is 163. The standard InChI is InChI=1S/C26H30N8O4S.C24H24N8O4S.C24H28N8O3S2/c27-26-28-13-17(14-29-26)23-30-21-12-20(39-22(21)24(31-23)33-5-7-38-8-6-33)15-32-1-3-34(4-2-32)25(37)16-9-18(35)11-19(36)10-16;1-31-12-17(24(31)35)27-19(33)11-25-23(34)18-9-16-20(37-18)22(32-5-7-36-8-6-32)29-21(28-16)13-3-2-4-15-14(13)10-26-30-15;25-24-26-12-15(13-27-24)21-28-17-11-16(36-20(17)22(29-21)31-7-9-35-10-8-31)14-30-3-5-32(6-4-30)23(34)18-1-2-19(33)37-18/h12-14,16H,1-11,15H2,(H2,27,28,29);2-4,9-10,17H,5-8,11-12H2,1H3,(H,25,34)(H,26,30)(H,27,33);11-13,18H,1-10,14H2,(H2,25,26,27). The molecule has 35 nitrogen and oxygen atoms in total. The maximum atomic E-state index is 12.9. The molecule has 1 aromatic carbocycles. The Morgan fingerprint density at radius 3 is 1.56 bits per heavy atom. The number of ether oxygens (including phenoxy) is 3. The molecule has 10 aromatic rings. The third-order valence-corrected chi connectivity index (χ3v) is 25.3. The number of aromatic amines is 1. The maximum Gasteiger partial charge on any atom is 0.261 e. The van der Waals surface area contributed by atoms with Crippen molar-refractivity contribution >= 4 is 163 Å². The van der Waals surface area contributed by atoms with Crippen LogP contribution in [0.2, 0.25) is 0 Å². The van der Waals surface area contributed by atoms with Crippen molar-refractivity contribution in [2.45, 2.75) is 56.5 Å². The molecular weight excluding hydrogens is 1530 g/mol.